The highest BCUT2D eigenvalue weighted by Gasteiger charge is 2.68. The van der Waals surface area contributed by atoms with Gasteiger partial charge in [-0.3, -0.25) is 0 Å². The minimum absolute atomic E-state index is 0.111. The molecule has 0 aromatic rings. The predicted octanol–water partition coefficient (Wildman–Crippen LogP) is 0.251. The Kier molecular flexibility index (Phi) is 1.46. The van der Waals surface area contributed by atoms with E-state index in [1.54, 1.807) is 0 Å². The van der Waals surface area contributed by atoms with Gasteiger partial charge in [0.1, 0.15) is 0 Å². The van der Waals surface area contributed by atoms with E-state index in [2.05, 4.69) is 10.1 Å². The van der Waals surface area contributed by atoms with E-state index in [0.717, 1.165) is 12.8 Å². The topological polar surface area (TPSA) is 38.3 Å². The Bertz CT molecular complexity index is 227. The zero-order chi connectivity index (χ0) is 8.82. The van der Waals surface area contributed by atoms with Gasteiger partial charge in [0.15, 0.2) is 0 Å². The molecule has 68 valence electrons. The van der Waals surface area contributed by atoms with Crippen molar-refractivity contribution in [3.05, 3.63) is 0 Å². The molecule has 2 aliphatic rings. The molecule has 1 saturated carbocycles. The zero-order valence-electron chi connectivity index (χ0n) is 7.02. The summed E-state index contributed by atoms with van der Waals surface area (Å²) in [5, 5.41) is 2.90. The number of ether oxygens (including phenoxy) is 1. The van der Waals surface area contributed by atoms with Gasteiger partial charge in [-0.1, -0.05) is 0 Å². The Hall–Kier alpha value is -0.640. The van der Waals surface area contributed by atoms with Crippen LogP contribution in [0.3, 0.4) is 0 Å². The lowest BCUT2D eigenvalue weighted by molar-refractivity contribution is -0.157. The quantitative estimate of drug-likeness (QED) is 0.578. The van der Waals surface area contributed by atoms with E-state index in [0.29, 0.717) is 6.54 Å². The fourth-order valence-electron chi connectivity index (χ4n) is 1.98. The molecular formula is C8H12FNO2. The molecule has 1 spiro atoms. The van der Waals surface area contributed by atoms with Gasteiger partial charge in [0.05, 0.1) is 7.11 Å². The molecule has 1 saturated heterocycles. The van der Waals surface area contributed by atoms with E-state index in [1.807, 2.05) is 0 Å². The molecule has 1 heterocycles. The molecule has 0 amide bonds. The van der Waals surface area contributed by atoms with Crippen molar-refractivity contribution in [3.63, 3.8) is 0 Å². The summed E-state index contributed by atoms with van der Waals surface area (Å²) in [4.78, 5) is 11.2. The van der Waals surface area contributed by atoms with Crippen molar-refractivity contribution in [1.82, 2.24) is 5.32 Å². The molecule has 3 nitrogen and oxygen atoms in total. The van der Waals surface area contributed by atoms with Gasteiger partial charge in [0, 0.05) is 18.5 Å². The second-order valence-electron chi connectivity index (χ2n) is 3.68. The lowest BCUT2D eigenvalue weighted by Crippen LogP contribution is -2.43. The molecule has 1 unspecified atom stereocenters. The van der Waals surface area contributed by atoms with Gasteiger partial charge in [-0.15, -0.1) is 0 Å². The number of alkyl halides is 1. The highest BCUT2D eigenvalue weighted by atomic mass is 19.1. The summed E-state index contributed by atoms with van der Waals surface area (Å²) in [5.74, 6) is -0.718. The minimum Gasteiger partial charge on any atom is -0.467 e. The minimum atomic E-state index is -1.76. The third-order valence-electron chi connectivity index (χ3n) is 3.04. The fraction of sp³-hybridized carbons (Fsp3) is 0.875. The molecule has 0 aromatic heterocycles. The molecule has 0 radical (unpaired) electrons. The number of nitrogens with one attached hydrogen (secondary N) is 1. The van der Waals surface area contributed by atoms with Gasteiger partial charge >= 0.3 is 5.97 Å². The standard InChI is InChI=1S/C8H12FNO2/c1-12-6(11)8(9)5-10-4-7(8)2-3-7/h10H,2-5H2,1H3. The maximum absolute atomic E-state index is 14.0. The van der Waals surface area contributed by atoms with E-state index in [9.17, 15) is 9.18 Å². The molecule has 1 aliphatic heterocycles. The van der Waals surface area contributed by atoms with E-state index in [1.165, 1.54) is 7.11 Å². The number of carbonyl (C=O) groups excluding carboxylic acids is 1. The van der Waals surface area contributed by atoms with Crippen molar-refractivity contribution < 1.29 is 13.9 Å². The van der Waals surface area contributed by atoms with Gasteiger partial charge in [0.25, 0.3) is 0 Å². The summed E-state index contributed by atoms with van der Waals surface area (Å²) in [6.07, 6.45) is 1.59. The fourth-order valence-corrected chi connectivity index (χ4v) is 1.98. The first-order valence-electron chi connectivity index (χ1n) is 4.13. The van der Waals surface area contributed by atoms with Crippen molar-refractivity contribution in [1.29, 1.82) is 0 Å². The second-order valence-corrected chi connectivity index (χ2v) is 3.68. The van der Waals surface area contributed by atoms with Gasteiger partial charge in [-0.25, -0.2) is 9.18 Å². The van der Waals surface area contributed by atoms with Crippen LogP contribution in [0.1, 0.15) is 12.8 Å². The van der Waals surface area contributed by atoms with Crippen LogP contribution >= 0.6 is 0 Å². The average Bonchev–Trinajstić information content (AvgIpc) is 2.76. The Labute approximate surface area is 70.3 Å². The van der Waals surface area contributed by atoms with Crippen molar-refractivity contribution in [2.45, 2.75) is 18.5 Å². The molecule has 2 rings (SSSR count). The molecule has 2 fully saturated rings. The molecule has 12 heavy (non-hydrogen) atoms. The summed E-state index contributed by atoms with van der Waals surface area (Å²) in [6, 6.07) is 0. The number of hydrogen-bond acceptors (Lipinski definition) is 3. The molecule has 0 aromatic carbocycles. The van der Waals surface area contributed by atoms with Crippen LogP contribution in [0.25, 0.3) is 0 Å². The molecule has 1 N–H and O–H groups in total. The van der Waals surface area contributed by atoms with E-state index < -0.39 is 17.1 Å². The Balaban J connectivity index is 2.24. The van der Waals surface area contributed by atoms with E-state index in [4.69, 9.17) is 0 Å². The second kappa shape index (κ2) is 2.19. The number of rotatable bonds is 1. The number of esters is 1. The van der Waals surface area contributed by atoms with Crippen molar-refractivity contribution >= 4 is 5.97 Å². The van der Waals surface area contributed by atoms with Crippen LogP contribution in [-0.4, -0.2) is 31.8 Å². The number of hydrogen-bond donors (Lipinski definition) is 1. The van der Waals surface area contributed by atoms with Crippen LogP contribution < -0.4 is 5.32 Å². The summed E-state index contributed by atoms with van der Waals surface area (Å²) >= 11 is 0. The van der Waals surface area contributed by atoms with Gasteiger partial charge in [-0.2, -0.15) is 0 Å². The number of carbonyl (C=O) groups is 1. The molecular weight excluding hydrogens is 161 g/mol. The first-order chi connectivity index (χ1) is 5.65. The first-order valence-corrected chi connectivity index (χ1v) is 4.13. The normalized spacial score (nSPS) is 36.8. The third-order valence-corrected chi connectivity index (χ3v) is 3.04. The van der Waals surface area contributed by atoms with Crippen molar-refractivity contribution in [2.75, 3.05) is 20.2 Å². The highest BCUT2D eigenvalue weighted by Crippen LogP contribution is 2.58. The highest BCUT2D eigenvalue weighted by molar-refractivity contribution is 5.82. The lowest BCUT2D eigenvalue weighted by atomic mass is 9.89. The number of methoxy groups -OCH3 is 1. The molecule has 1 aliphatic carbocycles. The van der Waals surface area contributed by atoms with Gasteiger partial charge < -0.3 is 10.1 Å². The third kappa shape index (κ3) is 0.759. The summed E-state index contributed by atoms with van der Waals surface area (Å²) < 4.78 is 18.5. The van der Waals surface area contributed by atoms with E-state index >= 15 is 0 Å². The van der Waals surface area contributed by atoms with Crippen LogP contribution in [0.4, 0.5) is 4.39 Å². The SMILES string of the molecule is COC(=O)C1(F)CNCC12CC2. The Morgan fingerprint density at radius 2 is 2.17 bits per heavy atom. The van der Waals surface area contributed by atoms with Gasteiger partial charge in [0.2, 0.25) is 5.67 Å². The van der Waals surface area contributed by atoms with Crippen LogP contribution in [0.2, 0.25) is 0 Å². The molecule has 0 bridgehead atoms. The van der Waals surface area contributed by atoms with Crippen LogP contribution in [0, 0.1) is 5.41 Å². The summed E-state index contributed by atoms with van der Waals surface area (Å²) in [5.41, 5.74) is -2.19. The van der Waals surface area contributed by atoms with Crippen molar-refractivity contribution in [2.24, 2.45) is 5.41 Å². The van der Waals surface area contributed by atoms with Crippen LogP contribution in [-0.2, 0) is 9.53 Å². The smallest absolute Gasteiger partial charge is 0.345 e. The monoisotopic (exact) mass is 173 g/mol. The van der Waals surface area contributed by atoms with E-state index in [-0.39, 0.29) is 6.54 Å². The zero-order valence-corrected chi connectivity index (χ0v) is 7.02. The maximum Gasteiger partial charge on any atom is 0.345 e. The maximum atomic E-state index is 14.0. The summed E-state index contributed by atoms with van der Waals surface area (Å²) in [7, 11) is 1.23. The van der Waals surface area contributed by atoms with Crippen LogP contribution in [0.5, 0.6) is 0 Å². The molecule has 4 heteroatoms. The van der Waals surface area contributed by atoms with Gasteiger partial charge in [-0.05, 0) is 12.8 Å². The average molecular weight is 173 g/mol. The first kappa shape index (κ1) is 7.98. The van der Waals surface area contributed by atoms with Crippen LogP contribution in [0.15, 0.2) is 0 Å². The Morgan fingerprint density at radius 3 is 2.67 bits per heavy atom. The predicted molar refractivity (Wildman–Crippen MR) is 40.4 cm³/mol. The van der Waals surface area contributed by atoms with Crippen molar-refractivity contribution in [3.8, 4) is 0 Å². The number of halogens is 1. The lowest BCUT2D eigenvalue weighted by Gasteiger charge is -2.22. The molecule has 1 atom stereocenters. The summed E-state index contributed by atoms with van der Waals surface area (Å²) in [6.45, 7) is 0.721. The Morgan fingerprint density at radius 1 is 1.50 bits per heavy atom. The largest absolute Gasteiger partial charge is 0.467 e.